The van der Waals surface area contributed by atoms with E-state index in [0.29, 0.717) is 0 Å². The second kappa shape index (κ2) is 4.83. The first-order valence-corrected chi connectivity index (χ1v) is 6.95. The number of H-pyrrole nitrogens is 1. The van der Waals surface area contributed by atoms with Crippen LogP contribution in [0.15, 0.2) is 34.4 Å². The van der Waals surface area contributed by atoms with Crippen molar-refractivity contribution in [3.05, 3.63) is 40.8 Å². The molecule has 0 unspecified atom stereocenters. The molecule has 2 aromatic heterocycles. The minimum Gasteiger partial charge on any atom is -0.333 e. The lowest BCUT2D eigenvalue weighted by atomic mass is 10.2. The fourth-order valence-corrected chi connectivity index (χ4v) is 2.94. The Kier molecular flexibility index (Phi) is 3.16. The second-order valence-electron chi connectivity index (χ2n) is 4.28. The first-order chi connectivity index (χ1) is 9.10. The van der Waals surface area contributed by atoms with E-state index in [4.69, 9.17) is 11.6 Å². The largest absolute Gasteiger partial charge is 0.333 e. The number of rotatable bonds is 2. The van der Waals surface area contributed by atoms with Crippen molar-refractivity contribution in [3.8, 4) is 0 Å². The highest BCUT2D eigenvalue weighted by atomic mass is 35.5. The van der Waals surface area contributed by atoms with E-state index in [-0.39, 0.29) is 5.28 Å². The number of aromatic amines is 1. The normalized spacial score (nSPS) is 11.1. The number of aromatic nitrogens is 4. The maximum absolute atomic E-state index is 5.85. The molecule has 0 fully saturated rings. The van der Waals surface area contributed by atoms with E-state index in [9.17, 15) is 0 Å². The molecule has 0 saturated heterocycles. The number of fused-ring (bicyclic) bond motifs is 1. The van der Waals surface area contributed by atoms with E-state index >= 15 is 0 Å². The summed E-state index contributed by atoms with van der Waals surface area (Å²) in [6.45, 7) is 3.94. The Morgan fingerprint density at radius 3 is 2.74 bits per heavy atom. The molecule has 3 rings (SSSR count). The molecule has 1 N–H and O–H groups in total. The molecule has 0 aliphatic carbocycles. The van der Waals surface area contributed by atoms with Gasteiger partial charge >= 0.3 is 0 Å². The smallest absolute Gasteiger partial charge is 0.223 e. The number of hydrogen-bond acceptors (Lipinski definition) is 4. The third kappa shape index (κ3) is 2.72. The third-order valence-electron chi connectivity index (χ3n) is 2.62. The van der Waals surface area contributed by atoms with Crippen molar-refractivity contribution < 1.29 is 0 Å². The van der Waals surface area contributed by atoms with Crippen LogP contribution in [0.1, 0.15) is 11.3 Å². The fourth-order valence-electron chi connectivity index (χ4n) is 1.80. The van der Waals surface area contributed by atoms with Crippen LogP contribution in [0.5, 0.6) is 0 Å². The van der Waals surface area contributed by atoms with E-state index in [2.05, 4.69) is 32.9 Å². The van der Waals surface area contributed by atoms with Crippen molar-refractivity contribution in [2.24, 2.45) is 0 Å². The molecule has 0 saturated carbocycles. The summed E-state index contributed by atoms with van der Waals surface area (Å²) in [4.78, 5) is 16.0. The standard InChI is InChI=1S/C13H11ClN4S/c1-7-3-4-9-10(5-7)17-13(16-9)19-11-6-8(2)15-12(14)18-11/h3-6H,1-2H3,(H,16,17). The average Bonchev–Trinajstić information content (AvgIpc) is 2.68. The maximum Gasteiger partial charge on any atom is 0.223 e. The summed E-state index contributed by atoms with van der Waals surface area (Å²) in [5.41, 5.74) is 4.02. The van der Waals surface area contributed by atoms with Crippen molar-refractivity contribution in [3.63, 3.8) is 0 Å². The molecule has 3 aromatic rings. The van der Waals surface area contributed by atoms with Crippen LogP contribution in [0.2, 0.25) is 5.28 Å². The quantitative estimate of drug-likeness (QED) is 0.576. The molecule has 4 nitrogen and oxygen atoms in total. The molecule has 0 atom stereocenters. The molecular weight excluding hydrogens is 280 g/mol. The van der Waals surface area contributed by atoms with E-state index in [1.807, 2.05) is 25.1 Å². The van der Waals surface area contributed by atoms with Crippen LogP contribution >= 0.6 is 23.4 Å². The van der Waals surface area contributed by atoms with Gasteiger partial charge in [0.25, 0.3) is 0 Å². The number of aryl methyl sites for hydroxylation is 2. The molecule has 0 spiro atoms. The van der Waals surface area contributed by atoms with Crippen LogP contribution in [0.25, 0.3) is 11.0 Å². The highest BCUT2D eigenvalue weighted by Crippen LogP contribution is 2.27. The van der Waals surface area contributed by atoms with Crippen LogP contribution in [-0.4, -0.2) is 19.9 Å². The van der Waals surface area contributed by atoms with E-state index in [1.165, 1.54) is 17.3 Å². The summed E-state index contributed by atoms with van der Waals surface area (Å²) in [5.74, 6) is 0. The van der Waals surface area contributed by atoms with Crippen molar-refractivity contribution in [2.75, 3.05) is 0 Å². The van der Waals surface area contributed by atoms with Gasteiger partial charge in [0, 0.05) is 5.69 Å². The Balaban J connectivity index is 1.96. The Morgan fingerprint density at radius 2 is 1.95 bits per heavy atom. The number of hydrogen-bond donors (Lipinski definition) is 1. The molecule has 0 aliphatic heterocycles. The minimum atomic E-state index is 0.259. The summed E-state index contributed by atoms with van der Waals surface area (Å²) < 4.78 is 0. The molecule has 6 heteroatoms. The van der Waals surface area contributed by atoms with Crippen molar-refractivity contribution in [1.82, 2.24) is 19.9 Å². The third-order valence-corrected chi connectivity index (χ3v) is 3.59. The van der Waals surface area contributed by atoms with Crippen LogP contribution in [0, 0.1) is 13.8 Å². The number of imidazole rings is 1. The highest BCUT2D eigenvalue weighted by molar-refractivity contribution is 7.99. The van der Waals surface area contributed by atoms with E-state index < -0.39 is 0 Å². The number of nitrogens with zero attached hydrogens (tertiary/aromatic N) is 3. The fraction of sp³-hybridized carbons (Fsp3) is 0.154. The first-order valence-electron chi connectivity index (χ1n) is 5.75. The Labute approximate surface area is 119 Å². The zero-order valence-corrected chi connectivity index (χ0v) is 12.0. The Hall–Kier alpha value is -1.59. The number of halogens is 1. The van der Waals surface area contributed by atoms with Gasteiger partial charge in [-0.15, -0.1) is 0 Å². The molecule has 1 aromatic carbocycles. The lowest BCUT2D eigenvalue weighted by Gasteiger charge is -1.99. The van der Waals surface area contributed by atoms with E-state index in [1.54, 1.807) is 0 Å². The minimum absolute atomic E-state index is 0.259. The van der Waals surface area contributed by atoms with Gasteiger partial charge in [-0.2, -0.15) is 0 Å². The maximum atomic E-state index is 5.85. The van der Waals surface area contributed by atoms with Gasteiger partial charge in [-0.1, -0.05) is 6.07 Å². The van der Waals surface area contributed by atoms with Gasteiger partial charge in [0.1, 0.15) is 5.03 Å². The first kappa shape index (κ1) is 12.4. The molecule has 19 heavy (non-hydrogen) atoms. The topological polar surface area (TPSA) is 54.5 Å². The lowest BCUT2D eigenvalue weighted by Crippen LogP contribution is -1.89. The zero-order valence-electron chi connectivity index (χ0n) is 10.4. The SMILES string of the molecule is Cc1ccc2nc(Sc3cc(C)nc(Cl)n3)[nH]c2c1. The highest BCUT2D eigenvalue weighted by Gasteiger charge is 2.07. The summed E-state index contributed by atoms with van der Waals surface area (Å²) in [6.07, 6.45) is 0. The molecule has 2 heterocycles. The van der Waals surface area contributed by atoms with Crippen LogP contribution in [0.4, 0.5) is 0 Å². The molecule has 0 aliphatic rings. The van der Waals surface area contributed by atoms with Crippen LogP contribution in [0.3, 0.4) is 0 Å². The predicted octanol–water partition coefficient (Wildman–Crippen LogP) is 3.77. The van der Waals surface area contributed by atoms with Gasteiger partial charge in [0.15, 0.2) is 5.16 Å². The summed E-state index contributed by atoms with van der Waals surface area (Å²) in [6, 6.07) is 8.01. The monoisotopic (exact) mass is 290 g/mol. The lowest BCUT2D eigenvalue weighted by molar-refractivity contribution is 0.994. The molecule has 0 radical (unpaired) electrons. The van der Waals surface area contributed by atoms with Gasteiger partial charge in [0.2, 0.25) is 5.28 Å². The summed E-state index contributed by atoms with van der Waals surface area (Å²) >= 11 is 7.29. The van der Waals surface area contributed by atoms with Gasteiger partial charge < -0.3 is 4.98 Å². The van der Waals surface area contributed by atoms with Crippen molar-refractivity contribution >= 4 is 34.4 Å². The van der Waals surface area contributed by atoms with Crippen molar-refractivity contribution in [2.45, 2.75) is 24.0 Å². The van der Waals surface area contributed by atoms with Gasteiger partial charge in [-0.05, 0) is 61.0 Å². The van der Waals surface area contributed by atoms with E-state index in [0.717, 1.165) is 26.9 Å². The molecule has 96 valence electrons. The Bertz CT molecular complexity index is 733. The van der Waals surface area contributed by atoms with Crippen LogP contribution in [-0.2, 0) is 0 Å². The second-order valence-corrected chi connectivity index (χ2v) is 5.63. The number of nitrogens with one attached hydrogen (secondary N) is 1. The Morgan fingerprint density at radius 1 is 1.11 bits per heavy atom. The summed E-state index contributed by atoms with van der Waals surface area (Å²) in [5, 5.41) is 1.84. The summed E-state index contributed by atoms with van der Waals surface area (Å²) in [7, 11) is 0. The van der Waals surface area contributed by atoms with Gasteiger partial charge in [-0.25, -0.2) is 15.0 Å². The van der Waals surface area contributed by atoms with Gasteiger partial charge in [0.05, 0.1) is 11.0 Å². The zero-order chi connectivity index (χ0) is 13.4. The molecular formula is C13H11ClN4S. The molecule has 0 amide bonds. The average molecular weight is 291 g/mol. The van der Waals surface area contributed by atoms with Crippen molar-refractivity contribution in [1.29, 1.82) is 0 Å². The van der Waals surface area contributed by atoms with Gasteiger partial charge in [-0.3, -0.25) is 0 Å². The predicted molar refractivity (Wildman–Crippen MR) is 76.7 cm³/mol. The van der Waals surface area contributed by atoms with Crippen LogP contribution < -0.4 is 0 Å². The number of benzene rings is 1. The molecule has 0 bridgehead atoms.